The van der Waals surface area contributed by atoms with Crippen LogP contribution in [0.5, 0.6) is 5.75 Å². The quantitative estimate of drug-likeness (QED) is 0.0223. The van der Waals surface area contributed by atoms with Crippen LogP contribution in [-0.4, -0.2) is 146 Å². The van der Waals surface area contributed by atoms with Crippen LogP contribution < -0.4 is 37.5 Å². The molecule has 91 heavy (non-hydrogen) atoms. The Bertz CT molecular complexity index is 4210. The van der Waals surface area contributed by atoms with Crippen molar-refractivity contribution in [1.29, 1.82) is 0 Å². The first-order chi connectivity index (χ1) is 43.5. The lowest BCUT2D eigenvalue weighted by Gasteiger charge is -2.24. The first-order valence-electron chi connectivity index (χ1n) is 29.3. The van der Waals surface area contributed by atoms with Crippen LogP contribution in [0.4, 0.5) is 16.4 Å². The topological polar surface area (TPSA) is 384 Å². The van der Waals surface area contributed by atoms with E-state index < -0.39 is 65.4 Å². The van der Waals surface area contributed by atoms with Crippen molar-refractivity contribution >= 4 is 98.1 Å². The molecule has 474 valence electrons. The van der Waals surface area contributed by atoms with Gasteiger partial charge in [0.1, 0.15) is 52.8 Å². The number of fused-ring (bicyclic) bond motifs is 4. The highest BCUT2D eigenvalue weighted by molar-refractivity contribution is 6.13. The minimum Gasteiger partial charge on any atom is -0.491 e. The largest absolute Gasteiger partial charge is 0.491 e. The molecule has 9 rings (SSSR count). The van der Waals surface area contributed by atoms with E-state index in [0.29, 0.717) is 81.8 Å². The Morgan fingerprint density at radius 2 is 1.51 bits per heavy atom. The number of benzene rings is 2. The van der Waals surface area contributed by atoms with Gasteiger partial charge in [-0.25, -0.2) is 34.4 Å². The van der Waals surface area contributed by atoms with Crippen molar-refractivity contribution in [1.82, 2.24) is 64.3 Å². The number of imidazole rings is 1. The fraction of sp³-hybridized carbons (Fsp3) is 0.339. The summed E-state index contributed by atoms with van der Waals surface area (Å²) in [4.78, 5) is 141. The number of nitrogens with one attached hydrogen (secondary N) is 4. The Hall–Kier alpha value is -11.1. The lowest BCUT2D eigenvalue weighted by molar-refractivity contribution is -0.137. The highest BCUT2D eigenvalue weighted by atomic mass is 16.6. The Kier molecular flexibility index (Phi) is 19.7. The zero-order valence-electron chi connectivity index (χ0n) is 51.4. The first kappa shape index (κ1) is 64.3. The number of hydrogen-bond acceptors (Lipinski definition) is 18. The van der Waals surface area contributed by atoms with E-state index in [1.807, 2.05) is 42.7 Å². The molecule has 0 saturated carbocycles. The van der Waals surface area contributed by atoms with Gasteiger partial charge >= 0.3 is 6.09 Å². The lowest BCUT2D eigenvalue weighted by atomic mass is 10.0. The highest BCUT2D eigenvalue weighted by Gasteiger charge is 2.30. The molecule has 29 nitrogen and oxygen atoms in total. The second kappa shape index (κ2) is 27.9. The molecule has 29 heteroatoms. The normalized spacial score (nSPS) is 13.0. The molecule has 2 atom stereocenters. The van der Waals surface area contributed by atoms with E-state index >= 15 is 0 Å². The summed E-state index contributed by atoms with van der Waals surface area (Å²) in [6, 6.07) is 12.9. The number of rotatable bonds is 27. The van der Waals surface area contributed by atoms with Gasteiger partial charge in [-0.15, -0.1) is 0 Å². The number of aromatic nitrogens is 9. The Morgan fingerprint density at radius 1 is 0.791 bits per heavy atom. The number of nitrogens with zero attached hydrogens (tertiary/aromatic N) is 11. The van der Waals surface area contributed by atoms with Crippen molar-refractivity contribution in [3.05, 3.63) is 125 Å². The molecule has 0 aliphatic carbocycles. The summed E-state index contributed by atoms with van der Waals surface area (Å²) >= 11 is 0. The first-order valence-corrected chi connectivity index (χ1v) is 29.3. The number of imide groups is 1. The summed E-state index contributed by atoms with van der Waals surface area (Å²) in [5, 5.41) is 16.7. The van der Waals surface area contributed by atoms with E-state index in [4.69, 9.17) is 35.3 Å². The van der Waals surface area contributed by atoms with Gasteiger partial charge in [-0.1, -0.05) is 45.1 Å². The van der Waals surface area contributed by atoms with Crippen LogP contribution in [0.15, 0.2) is 89.5 Å². The third-order valence-electron chi connectivity index (χ3n) is 14.8. The fourth-order valence-corrected chi connectivity index (χ4v) is 10.1. The summed E-state index contributed by atoms with van der Waals surface area (Å²) in [6.45, 7) is 13.0. The summed E-state index contributed by atoms with van der Waals surface area (Å²) in [6.07, 6.45) is 7.23. The van der Waals surface area contributed by atoms with Crippen LogP contribution in [0.1, 0.15) is 102 Å². The molecule has 0 bridgehead atoms. The van der Waals surface area contributed by atoms with Gasteiger partial charge in [0, 0.05) is 93.5 Å². The molecular weight excluding hydrogens is 1170 g/mol. The zero-order chi connectivity index (χ0) is 65.4. The summed E-state index contributed by atoms with van der Waals surface area (Å²) in [7, 11) is 1.56. The molecule has 0 fully saturated rings. The number of aryl methyl sites for hydroxylation is 4. The maximum Gasteiger partial charge on any atom is 0.409 e. The van der Waals surface area contributed by atoms with Crippen molar-refractivity contribution in [2.24, 2.45) is 17.4 Å². The molecule has 9 amide bonds. The number of hydrogen-bond donors (Lipinski definition) is 6. The number of allylic oxidation sites excluding steroid dienone is 2. The predicted molar refractivity (Wildman–Crippen MR) is 332 cm³/mol. The highest BCUT2D eigenvalue weighted by Crippen LogP contribution is 2.33. The molecule has 0 spiro atoms. The van der Waals surface area contributed by atoms with E-state index in [1.54, 1.807) is 74.3 Å². The fourth-order valence-electron chi connectivity index (χ4n) is 10.1. The molecule has 0 saturated heterocycles. The third-order valence-corrected chi connectivity index (χ3v) is 14.8. The van der Waals surface area contributed by atoms with Crippen molar-refractivity contribution in [3.8, 4) is 17.3 Å². The monoisotopic (exact) mass is 1240 g/mol. The SMILES string of the molecule is CCc1nc(C)oc1C(=O)Nc1nc2cc(C(N)=O)cc(OCCCN(C)C(=O)OCc3ccc(NC(=O)[C@H](C)NC(=O)[C@@H](NC(=O)CCN4C(=O)C=CC4=O)C(C)C)cc3)c2n1C/C=C/Cn1c2ncc(C(N)=O)cc2c2ccc(-c3nc(C)nn3CC)nc21. The number of carbonyl (C=O) groups is 9. The Morgan fingerprint density at radius 3 is 2.19 bits per heavy atom. The Labute approximate surface area is 520 Å². The number of ether oxygens (including phenoxy) is 2. The van der Waals surface area contributed by atoms with Crippen LogP contribution in [-0.2, 0) is 61.4 Å². The van der Waals surface area contributed by atoms with Crippen LogP contribution >= 0.6 is 0 Å². The molecule has 1 aliphatic rings. The number of carbonyl (C=O) groups excluding carboxylic acids is 9. The average Bonchev–Trinajstić information content (AvgIpc) is 1.62. The lowest BCUT2D eigenvalue weighted by Crippen LogP contribution is -2.54. The van der Waals surface area contributed by atoms with Gasteiger partial charge in [-0.3, -0.25) is 48.6 Å². The van der Waals surface area contributed by atoms with E-state index in [0.717, 1.165) is 22.4 Å². The van der Waals surface area contributed by atoms with Gasteiger partial charge in [0.2, 0.25) is 41.2 Å². The molecule has 6 aromatic heterocycles. The number of oxazole rings is 1. The zero-order valence-corrected chi connectivity index (χ0v) is 51.4. The van der Waals surface area contributed by atoms with Crippen LogP contribution in [0, 0.1) is 19.8 Å². The van der Waals surface area contributed by atoms with Gasteiger partial charge < -0.3 is 55.3 Å². The molecule has 8 N–H and O–H groups in total. The van der Waals surface area contributed by atoms with E-state index in [2.05, 4.69) is 41.3 Å². The van der Waals surface area contributed by atoms with E-state index in [-0.39, 0.29) is 85.8 Å². The second-order valence-corrected chi connectivity index (χ2v) is 21.8. The minimum absolute atomic E-state index is 0.00737. The molecule has 0 unspecified atom stereocenters. The van der Waals surface area contributed by atoms with E-state index in [1.165, 1.54) is 30.2 Å². The smallest absolute Gasteiger partial charge is 0.409 e. The van der Waals surface area contributed by atoms with Gasteiger partial charge in [0.15, 0.2) is 11.7 Å². The average molecular weight is 1240 g/mol. The van der Waals surface area contributed by atoms with Crippen LogP contribution in [0.2, 0.25) is 0 Å². The summed E-state index contributed by atoms with van der Waals surface area (Å²) in [5.41, 5.74) is 15.6. The van der Waals surface area contributed by atoms with Crippen molar-refractivity contribution in [2.45, 2.75) is 106 Å². The number of pyridine rings is 2. The minimum atomic E-state index is -1.01. The molecule has 8 aromatic rings. The molecule has 1 aliphatic heterocycles. The van der Waals surface area contributed by atoms with Gasteiger partial charge in [-0.2, -0.15) is 5.10 Å². The standard InChI is InChI=1S/C62H69N17O12/c1-9-43-52(91-36(7)68-43)60(87)73-61-71-45-29-38(53(63)83)30-46(51(45)77(61)24-11-12-25-78-55-42(28-39(31-65-55)54(64)84)41-18-19-44(70-56(41)78)57-67-35(6)74-79(57)10-2)89-27-13-23-75(8)62(88)90-32-37-14-16-40(17-15-37)69-58(85)34(5)66-59(86)50(33(3)4)72-47(80)22-26-76-48(81)20-21-49(76)82/h11-12,14-21,28-31,33-34,50H,9-10,13,22-27,32H2,1-8H3,(H2,63,83)(H2,64,84)(H,66,86)(H,69,85)(H,72,80)(H,71,73,87)/b12-11+/t34-,50-/m0/s1. The van der Waals surface area contributed by atoms with E-state index in [9.17, 15) is 43.2 Å². The number of primary amides is 2. The van der Waals surface area contributed by atoms with Crippen LogP contribution in [0.25, 0.3) is 44.6 Å². The third kappa shape index (κ3) is 14.7. The predicted octanol–water partition coefficient (Wildman–Crippen LogP) is 5.02. The molecule has 7 heterocycles. The number of nitrogens with two attached hydrogens (primary N) is 2. The maximum atomic E-state index is 14.0. The van der Waals surface area contributed by atoms with Crippen molar-refractivity contribution in [3.63, 3.8) is 0 Å². The maximum absolute atomic E-state index is 14.0. The Balaban J connectivity index is 0.849. The molecule has 0 radical (unpaired) electrons. The van der Waals surface area contributed by atoms with Gasteiger partial charge in [-0.05, 0) is 87.6 Å². The van der Waals surface area contributed by atoms with Gasteiger partial charge in [0.05, 0.1) is 23.4 Å². The van der Waals surface area contributed by atoms with Crippen molar-refractivity contribution in [2.75, 3.05) is 37.4 Å². The number of amides is 9. The summed E-state index contributed by atoms with van der Waals surface area (Å²) in [5.74, 6) is -3.35. The van der Waals surface area contributed by atoms with Crippen molar-refractivity contribution < 1.29 is 57.0 Å². The molecular formula is C62H69N17O12. The summed E-state index contributed by atoms with van der Waals surface area (Å²) < 4.78 is 23.0. The molecule has 2 aromatic carbocycles. The second-order valence-electron chi connectivity index (χ2n) is 21.8. The van der Waals surface area contributed by atoms with Gasteiger partial charge in [0.25, 0.3) is 17.7 Å². The number of anilines is 2. The van der Waals surface area contributed by atoms with Crippen LogP contribution in [0.3, 0.4) is 0 Å².